The summed E-state index contributed by atoms with van der Waals surface area (Å²) in [4.78, 5) is 12.1. The van der Waals surface area contributed by atoms with Crippen LogP contribution in [0.5, 0.6) is 0 Å². The van der Waals surface area contributed by atoms with Crippen LogP contribution in [0.2, 0.25) is 0 Å². The predicted octanol–water partition coefficient (Wildman–Crippen LogP) is 2.51. The summed E-state index contributed by atoms with van der Waals surface area (Å²) in [5, 5.41) is 3.82. The number of carbonyl (C=O) groups is 1. The number of thioether (sulfide) groups is 1. The van der Waals surface area contributed by atoms with Crippen molar-refractivity contribution in [2.45, 2.75) is 38.0 Å². The molecule has 1 rings (SSSR count). The molecule has 4 heteroatoms. The maximum absolute atomic E-state index is 12.1. The second kappa shape index (κ2) is 7.56. The van der Waals surface area contributed by atoms with Crippen molar-refractivity contribution < 1.29 is 4.79 Å². The van der Waals surface area contributed by atoms with Crippen LogP contribution in [-0.4, -0.2) is 23.5 Å². The van der Waals surface area contributed by atoms with Crippen LogP contribution in [0.3, 0.4) is 0 Å². The number of carbonyl (C=O) groups excluding carboxylic acids is 1. The van der Waals surface area contributed by atoms with E-state index in [1.165, 1.54) is 0 Å². The van der Waals surface area contributed by atoms with E-state index in [0.29, 0.717) is 11.0 Å². The minimum absolute atomic E-state index is 0.305. The molecule has 1 unspecified atom stereocenters. The smallest absolute Gasteiger partial charge is 0.243 e. The van der Waals surface area contributed by atoms with Gasteiger partial charge in [-0.3, -0.25) is 10.1 Å². The Morgan fingerprint density at radius 2 is 2.00 bits per heavy atom. The Hall–Kier alpha value is -1.00. The zero-order valence-corrected chi connectivity index (χ0v) is 12.8. The minimum Gasteiger partial charge on any atom is -0.368 e. The standard InChI is InChI=1S/C15H24N2OS/c1-4-10-17-15(14(16)18,11-19-12(2)3)13-8-6-5-7-9-13/h5-9,12,17H,4,10-11H2,1-3H3,(H2,16,18). The number of nitrogens with two attached hydrogens (primary N) is 1. The Bertz CT molecular complexity index is 394. The van der Waals surface area contributed by atoms with Gasteiger partial charge in [0, 0.05) is 5.75 Å². The van der Waals surface area contributed by atoms with Gasteiger partial charge in [0.25, 0.3) is 0 Å². The lowest BCUT2D eigenvalue weighted by Gasteiger charge is -2.32. The lowest BCUT2D eigenvalue weighted by molar-refractivity contribution is -0.123. The molecule has 0 heterocycles. The molecule has 0 aliphatic carbocycles. The fraction of sp³-hybridized carbons (Fsp3) is 0.533. The summed E-state index contributed by atoms with van der Waals surface area (Å²) in [5.74, 6) is 0.351. The molecule has 1 amide bonds. The van der Waals surface area contributed by atoms with Crippen molar-refractivity contribution in [1.82, 2.24) is 5.32 Å². The summed E-state index contributed by atoms with van der Waals surface area (Å²) in [5.41, 5.74) is 5.89. The lowest BCUT2D eigenvalue weighted by atomic mass is 9.91. The van der Waals surface area contributed by atoms with E-state index in [4.69, 9.17) is 5.73 Å². The van der Waals surface area contributed by atoms with Crippen molar-refractivity contribution in [3.05, 3.63) is 35.9 Å². The van der Waals surface area contributed by atoms with Gasteiger partial charge >= 0.3 is 0 Å². The molecular weight excluding hydrogens is 256 g/mol. The van der Waals surface area contributed by atoms with Gasteiger partial charge in [-0.05, 0) is 23.8 Å². The first kappa shape index (κ1) is 16.1. The normalized spacial score (nSPS) is 14.3. The van der Waals surface area contributed by atoms with Gasteiger partial charge in [0.05, 0.1) is 0 Å². The first-order valence-electron chi connectivity index (χ1n) is 6.75. The van der Waals surface area contributed by atoms with Gasteiger partial charge in [0.2, 0.25) is 5.91 Å². The molecular formula is C15H24N2OS. The van der Waals surface area contributed by atoms with Gasteiger partial charge in [-0.2, -0.15) is 11.8 Å². The van der Waals surface area contributed by atoms with Gasteiger partial charge < -0.3 is 5.73 Å². The SMILES string of the molecule is CCCNC(CSC(C)C)(C(N)=O)c1ccccc1. The maximum Gasteiger partial charge on any atom is 0.243 e. The van der Waals surface area contributed by atoms with Crippen molar-refractivity contribution in [1.29, 1.82) is 0 Å². The molecule has 3 nitrogen and oxygen atoms in total. The number of rotatable bonds is 8. The van der Waals surface area contributed by atoms with Crippen LogP contribution in [-0.2, 0) is 10.3 Å². The molecule has 19 heavy (non-hydrogen) atoms. The molecule has 0 bridgehead atoms. The Labute approximate surface area is 120 Å². The molecule has 1 aromatic rings. The molecule has 0 saturated carbocycles. The van der Waals surface area contributed by atoms with Crippen LogP contribution < -0.4 is 11.1 Å². The molecule has 1 aromatic carbocycles. The molecule has 0 radical (unpaired) electrons. The topological polar surface area (TPSA) is 55.1 Å². The van der Waals surface area contributed by atoms with Crippen LogP contribution in [0, 0.1) is 0 Å². The third-order valence-corrected chi connectivity index (χ3v) is 4.26. The van der Waals surface area contributed by atoms with Crippen molar-refractivity contribution in [2.24, 2.45) is 5.73 Å². The molecule has 3 N–H and O–H groups in total. The molecule has 0 aliphatic rings. The quantitative estimate of drug-likeness (QED) is 0.769. The van der Waals surface area contributed by atoms with Gasteiger partial charge in [0.1, 0.15) is 5.54 Å². The molecule has 1 atom stereocenters. The van der Waals surface area contributed by atoms with E-state index in [-0.39, 0.29) is 5.91 Å². The van der Waals surface area contributed by atoms with E-state index in [2.05, 4.69) is 26.1 Å². The monoisotopic (exact) mass is 280 g/mol. The van der Waals surface area contributed by atoms with Crippen molar-refractivity contribution in [3.63, 3.8) is 0 Å². The fourth-order valence-electron chi connectivity index (χ4n) is 1.89. The van der Waals surface area contributed by atoms with Crippen molar-refractivity contribution in [3.8, 4) is 0 Å². The number of benzene rings is 1. The third-order valence-electron chi connectivity index (χ3n) is 3.00. The molecule has 0 fully saturated rings. The molecule has 0 aromatic heterocycles. The van der Waals surface area contributed by atoms with Gasteiger partial charge in [-0.1, -0.05) is 51.1 Å². The highest BCUT2D eigenvalue weighted by Gasteiger charge is 2.37. The molecule has 0 spiro atoms. The minimum atomic E-state index is -0.772. The lowest BCUT2D eigenvalue weighted by Crippen LogP contribution is -2.55. The number of hydrogen-bond acceptors (Lipinski definition) is 3. The van der Waals surface area contributed by atoms with Crippen molar-refractivity contribution >= 4 is 17.7 Å². The van der Waals surface area contributed by atoms with Gasteiger partial charge in [-0.25, -0.2) is 0 Å². The van der Waals surface area contributed by atoms with E-state index < -0.39 is 5.54 Å². The Morgan fingerprint density at radius 1 is 1.37 bits per heavy atom. The number of amides is 1. The molecule has 0 aliphatic heterocycles. The zero-order chi connectivity index (χ0) is 14.3. The second-order valence-electron chi connectivity index (χ2n) is 4.92. The highest BCUT2D eigenvalue weighted by atomic mass is 32.2. The molecule has 106 valence electrons. The highest BCUT2D eigenvalue weighted by molar-refractivity contribution is 7.99. The third kappa shape index (κ3) is 4.25. The summed E-state index contributed by atoms with van der Waals surface area (Å²) < 4.78 is 0. The average Bonchev–Trinajstić information content (AvgIpc) is 2.39. The highest BCUT2D eigenvalue weighted by Crippen LogP contribution is 2.27. The summed E-state index contributed by atoms with van der Waals surface area (Å²) in [6.07, 6.45) is 0.966. The fourth-order valence-corrected chi connectivity index (χ4v) is 2.88. The average molecular weight is 280 g/mol. The van der Waals surface area contributed by atoms with E-state index in [0.717, 1.165) is 18.5 Å². The van der Waals surface area contributed by atoms with E-state index in [1.807, 2.05) is 30.3 Å². The summed E-state index contributed by atoms with van der Waals surface area (Å²) in [7, 11) is 0. The van der Waals surface area contributed by atoms with Crippen molar-refractivity contribution in [2.75, 3.05) is 12.3 Å². The van der Waals surface area contributed by atoms with Crippen LogP contribution in [0.4, 0.5) is 0 Å². The summed E-state index contributed by atoms with van der Waals surface area (Å²) >= 11 is 1.75. The van der Waals surface area contributed by atoms with Crippen LogP contribution in [0.15, 0.2) is 30.3 Å². The summed E-state index contributed by atoms with van der Waals surface area (Å²) in [6, 6.07) is 9.77. The largest absolute Gasteiger partial charge is 0.368 e. The predicted molar refractivity (Wildman–Crippen MR) is 83.2 cm³/mol. The first-order chi connectivity index (χ1) is 9.03. The van der Waals surface area contributed by atoms with E-state index in [1.54, 1.807) is 11.8 Å². The molecule has 0 saturated heterocycles. The number of hydrogen-bond donors (Lipinski definition) is 2. The van der Waals surface area contributed by atoms with Gasteiger partial charge in [0.15, 0.2) is 0 Å². The zero-order valence-electron chi connectivity index (χ0n) is 12.0. The Balaban J connectivity index is 3.07. The second-order valence-corrected chi connectivity index (χ2v) is 6.49. The van der Waals surface area contributed by atoms with Crippen LogP contribution in [0.25, 0.3) is 0 Å². The Kier molecular flexibility index (Phi) is 6.38. The van der Waals surface area contributed by atoms with E-state index in [9.17, 15) is 4.79 Å². The van der Waals surface area contributed by atoms with Gasteiger partial charge in [-0.15, -0.1) is 0 Å². The first-order valence-corrected chi connectivity index (χ1v) is 7.80. The van der Waals surface area contributed by atoms with Crippen LogP contribution in [0.1, 0.15) is 32.8 Å². The number of nitrogens with one attached hydrogen (secondary N) is 1. The Morgan fingerprint density at radius 3 is 2.47 bits per heavy atom. The maximum atomic E-state index is 12.1. The number of primary amides is 1. The van der Waals surface area contributed by atoms with Crippen LogP contribution >= 0.6 is 11.8 Å². The van der Waals surface area contributed by atoms with E-state index >= 15 is 0 Å². The summed E-state index contributed by atoms with van der Waals surface area (Å²) in [6.45, 7) is 7.11.